The van der Waals surface area contributed by atoms with E-state index in [1.807, 2.05) is 20.3 Å². The molecule has 0 aromatic carbocycles. The predicted octanol–water partition coefficient (Wildman–Crippen LogP) is 4.74. The van der Waals surface area contributed by atoms with Crippen molar-refractivity contribution in [3.8, 4) is 0 Å². The molecule has 1 saturated heterocycles. The van der Waals surface area contributed by atoms with Crippen LogP contribution in [0.5, 0.6) is 0 Å². The molecule has 0 radical (unpaired) electrons. The number of carbonyl (C=O) groups is 1. The molecule has 0 aromatic heterocycles. The van der Waals surface area contributed by atoms with Crippen LogP contribution in [0.2, 0.25) is 0 Å². The summed E-state index contributed by atoms with van der Waals surface area (Å²) >= 11 is 0. The number of aldehydes is 1. The Kier molecular flexibility index (Phi) is 18.6. The van der Waals surface area contributed by atoms with Crippen molar-refractivity contribution in [1.29, 1.82) is 0 Å². The van der Waals surface area contributed by atoms with Crippen molar-refractivity contribution < 1.29 is 9.53 Å². The number of nitrogens with one attached hydrogen (secondary N) is 2. The molecule has 0 saturated carbocycles. The van der Waals surface area contributed by atoms with Crippen LogP contribution < -0.4 is 10.6 Å². The molecular formula is C29H53N5O2. The normalized spacial score (nSPS) is 17.2. The van der Waals surface area contributed by atoms with Gasteiger partial charge in [-0.3, -0.25) is 4.90 Å². The molecule has 206 valence electrons. The number of hydrogen-bond acceptors (Lipinski definition) is 6. The second-order valence-electron chi connectivity index (χ2n) is 9.66. The van der Waals surface area contributed by atoms with E-state index in [2.05, 4.69) is 59.4 Å². The first-order valence-corrected chi connectivity index (χ1v) is 14.0. The fraction of sp³-hybridized carbons (Fsp3) is 0.724. The van der Waals surface area contributed by atoms with E-state index in [0.717, 1.165) is 50.4 Å². The second-order valence-corrected chi connectivity index (χ2v) is 9.66. The molecule has 0 bridgehead atoms. The highest BCUT2D eigenvalue weighted by atomic mass is 16.5. The maximum Gasteiger partial charge on any atom is 0.139 e. The summed E-state index contributed by atoms with van der Waals surface area (Å²) in [5, 5.41) is 6.37. The number of nitrogens with zero attached hydrogens (tertiary/aromatic N) is 3. The summed E-state index contributed by atoms with van der Waals surface area (Å²) in [4.78, 5) is 21.0. The molecule has 1 heterocycles. The van der Waals surface area contributed by atoms with E-state index >= 15 is 0 Å². The zero-order chi connectivity index (χ0) is 26.4. The average Bonchev–Trinajstić information content (AvgIpc) is 3.14. The molecule has 1 atom stereocenters. The van der Waals surface area contributed by atoms with Crippen LogP contribution in [0.3, 0.4) is 0 Å². The molecule has 1 aliphatic rings. The van der Waals surface area contributed by atoms with E-state index < -0.39 is 0 Å². The van der Waals surface area contributed by atoms with Gasteiger partial charge in [-0.25, -0.2) is 4.99 Å². The summed E-state index contributed by atoms with van der Waals surface area (Å²) < 4.78 is 5.76. The lowest BCUT2D eigenvalue weighted by molar-refractivity contribution is -0.108. The van der Waals surface area contributed by atoms with Crippen molar-refractivity contribution in [3.63, 3.8) is 0 Å². The molecule has 7 nitrogen and oxygen atoms in total. The van der Waals surface area contributed by atoms with Gasteiger partial charge in [-0.2, -0.15) is 0 Å². The standard InChI is InChI=1S/C29H53N5O2/c1-6-8-19-36-25-32-29(21-28(31-5)22-30-4)34(17-13-18-35)23-26(3)20-27(14-7-2)24-33-15-11-9-10-12-16-33/h7,14,18,20,22,26,30-31H,6,8-13,15-17,19,21,23-25H2,1-5H3/b14-7-,27-20+,28-22+,32-29+. The SMILES string of the molecule is C/C=C\C(=C/C(C)CN(CCC=O)/C(C/C(=C\NC)NC)=N/COCCCC)CN1CCCCCC1. The summed E-state index contributed by atoms with van der Waals surface area (Å²) in [6, 6.07) is 0. The first-order chi connectivity index (χ1) is 17.6. The van der Waals surface area contributed by atoms with Crippen LogP contribution in [0.4, 0.5) is 0 Å². The Morgan fingerprint density at radius 1 is 1.19 bits per heavy atom. The van der Waals surface area contributed by atoms with E-state index in [4.69, 9.17) is 9.73 Å². The molecule has 0 spiro atoms. The van der Waals surface area contributed by atoms with Gasteiger partial charge in [0.25, 0.3) is 0 Å². The van der Waals surface area contributed by atoms with Gasteiger partial charge in [-0.15, -0.1) is 0 Å². The van der Waals surface area contributed by atoms with Crippen molar-refractivity contribution in [1.82, 2.24) is 20.4 Å². The van der Waals surface area contributed by atoms with Crippen LogP contribution in [-0.4, -0.2) is 82.1 Å². The fourth-order valence-electron chi connectivity index (χ4n) is 4.48. The third-order valence-electron chi connectivity index (χ3n) is 6.34. The topological polar surface area (TPSA) is 69.2 Å². The Morgan fingerprint density at radius 3 is 2.56 bits per heavy atom. The Labute approximate surface area is 221 Å². The quantitative estimate of drug-likeness (QED) is 0.0926. The van der Waals surface area contributed by atoms with Gasteiger partial charge in [0.2, 0.25) is 0 Å². The molecular weight excluding hydrogens is 450 g/mol. The Bertz CT molecular complexity index is 694. The number of unbranched alkanes of at least 4 members (excludes halogenated alkanes) is 1. The minimum absolute atomic E-state index is 0.312. The maximum absolute atomic E-state index is 11.3. The molecule has 7 heteroatoms. The van der Waals surface area contributed by atoms with Crippen LogP contribution in [0.1, 0.15) is 72.1 Å². The maximum atomic E-state index is 11.3. The minimum Gasteiger partial charge on any atom is -0.393 e. The molecule has 2 N–H and O–H groups in total. The van der Waals surface area contributed by atoms with E-state index in [-0.39, 0.29) is 0 Å². The van der Waals surface area contributed by atoms with Gasteiger partial charge in [0.15, 0.2) is 0 Å². The summed E-state index contributed by atoms with van der Waals surface area (Å²) in [7, 11) is 3.82. The predicted molar refractivity (Wildman–Crippen MR) is 153 cm³/mol. The highest BCUT2D eigenvalue weighted by Crippen LogP contribution is 2.15. The second kappa shape index (κ2) is 21.0. The lowest BCUT2D eigenvalue weighted by Crippen LogP contribution is -2.37. The summed E-state index contributed by atoms with van der Waals surface area (Å²) in [6.07, 6.45) is 18.3. The molecule has 1 aliphatic heterocycles. The zero-order valence-corrected chi connectivity index (χ0v) is 23.7. The number of amidine groups is 1. The van der Waals surface area contributed by atoms with Gasteiger partial charge in [-0.1, -0.05) is 51.3 Å². The monoisotopic (exact) mass is 503 g/mol. The van der Waals surface area contributed by atoms with Crippen LogP contribution in [-0.2, 0) is 9.53 Å². The minimum atomic E-state index is 0.312. The summed E-state index contributed by atoms with van der Waals surface area (Å²) in [6.45, 7) is 12.4. The van der Waals surface area contributed by atoms with Crippen molar-refractivity contribution >= 4 is 12.1 Å². The Morgan fingerprint density at radius 2 is 1.94 bits per heavy atom. The summed E-state index contributed by atoms with van der Waals surface area (Å²) in [5.41, 5.74) is 2.41. The van der Waals surface area contributed by atoms with Crippen molar-refractivity contribution in [2.45, 2.75) is 72.1 Å². The van der Waals surface area contributed by atoms with Crippen LogP contribution in [0.15, 0.2) is 40.7 Å². The molecule has 1 rings (SSSR count). The van der Waals surface area contributed by atoms with Crippen LogP contribution in [0.25, 0.3) is 0 Å². The first-order valence-electron chi connectivity index (χ1n) is 14.0. The van der Waals surface area contributed by atoms with E-state index in [1.54, 1.807) is 0 Å². The third kappa shape index (κ3) is 14.4. The highest BCUT2D eigenvalue weighted by Gasteiger charge is 2.17. The number of ether oxygens (including phenoxy) is 1. The van der Waals surface area contributed by atoms with Crippen molar-refractivity contribution in [2.75, 3.05) is 60.2 Å². The molecule has 1 unspecified atom stereocenters. The highest BCUT2D eigenvalue weighted by molar-refractivity contribution is 5.84. The number of rotatable bonds is 18. The number of likely N-dealkylation sites (tertiary alicyclic amines) is 1. The molecule has 0 aliphatic carbocycles. The van der Waals surface area contributed by atoms with E-state index in [9.17, 15) is 4.79 Å². The Balaban J connectivity index is 3.05. The molecule has 0 amide bonds. The average molecular weight is 504 g/mol. The van der Waals surface area contributed by atoms with Gasteiger partial charge in [0.05, 0.1) is 0 Å². The van der Waals surface area contributed by atoms with Gasteiger partial charge in [0, 0.05) is 65.1 Å². The largest absolute Gasteiger partial charge is 0.393 e. The fourth-order valence-corrected chi connectivity index (χ4v) is 4.48. The van der Waals surface area contributed by atoms with E-state index in [1.165, 1.54) is 44.3 Å². The molecule has 36 heavy (non-hydrogen) atoms. The lowest BCUT2D eigenvalue weighted by Gasteiger charge is -2.29. The number of carbonyl (C=O) groups excluding carboxylic acids is 1. The van der Waals surface area contributed by atoms with E-state index in [0.29, 0.717) is 32.0 Å². The molecule has 0 aromatic rings. The Hall–Kier alpha value is -2.12. The van der Waals surface area contributed by atoms with Crippen molar-refractivity contribution in [2.24, 2.45) is 10.9 Å². The van der Waals surface area contributed by atoms with Gasteiger partial charge in [-0.05, 0) is 50.8 Å². The van der Waals surface area contributed by atoms with Crippen LogP contribution >= 0.6 is 0 Å². The lowest BCUT2D eigenvalue weighted by atomic mass is 10.0. The number of hydrogen-bond donors (Lipinski definition) is 2. The number of aliphatic imine (C=N–C) groups is 1. The van der Waals surface area contributed by atoms with Gasteiger partial charge < -0.3 is 25.1 Å². The zero-order valence-electron chi connectivity index (χ0n) is 23.7. The first kappa shape index (κ1) is 31.9. The molecule has 1 fully saturated rings. The van der Waals surface area contributed by atoms with Gasteiger partial charge >= 0.3 is 0 Å². The van der Waals surface area contributed by atoms with Gasteiger partial charge in [0.1, 0.15) is 18.9 Å². The smallest absolute Gasteiger partial charge is 0.139 e. The summed E-state index contributed by atoms with van der Waals surface area (Å²) in [5.74, 6) is 1.26. The third-order valence-corrected chi connectivity index (χ3v) is 6.34. The van der Waals surface area contributed by atoms with Crippen LogP contribution in [0, 0.1) is 5.92 Å². The number of allylic oxidation sites excluding steroid dienone is 1. The van der Waals surface area contributed by atoms with Crippen molar-refractivity contribution in [3.05, 3.63) is 35.7 Å².